The molecule has 0 aromatic rings. The van der Waals surface area contributed by atoms with E-state index in [1.807, 2.05) is 29.2 Å². The maximum Gasteiger partial charge on any atom is 0.376 e. The first-order chi connectivity index (χ1) is 12.6. The summed E-state index contributed by atoms with van der Waals surface area (Å²) >= 11 is 0. The molecule has 0 N–H and O–H groups in total. The van der Waals surface area contributed by atoms with Crippen LogP contribution in [0.25, 0.3) is 0 Å². The summed E-state index contributed by atoms with van der Waals surface area (Å²) in [7, 11) is 1.94. The summed E-state index contributed by atoms with van der Waals surface area (Å²) in [6.45, 7) is 3.08. The van der Waals surface area contributed by atoms with Crippen LogP contribution in [0.2, 0.25) is 0 Å². The fraction of sp³-hybridized carbons (Fsp3) is 0.810. The van der Waals surface area contributed by atoms with E-state index in [0.29, 0.717) is 13.1 Å². The molecule has 0 spiro atoms. The lowest BCUT2D eigenvalue weighted by Gasteiger charge is -2.17. The molecule has 0 aliphatic carbocycles. The lowest BCUT2D eigenvalue weighted by atomic mass is 10.0. The number of hydrogen-bond acceptors (Lipinski definition) is 5. The second-order valence-corrected chi connectivity index (χ2v) is 7.41. The molecule has 1 heterocycles. The largest absolute Gasteiger partial charge is 0.438 e. The molecular weight excluding hydrogens is 328 g/mol. The van der Waals surface area contributed by atoms with Crippen molar-refractivity contribution >= 4 is 11.8 Å². The van der Waals surface area contributed by atoms with Crippen LogP contribution >= 0.6 is 0 Å². The van der Waals surface area contributed by atoms with Crippen molar-refractivity contribution in [1.29, 1.82) is 0 Å². The highest BCUT2D eigenvalue weighted by Gasteiger charge is 2.17. The van der Waals surface area contributed by atoms with Crippen LogP contribution in [0.4, 0.5) is 0 Å². The number of esters is 1. The molecule has 1 aliphatic heterocycles. The number of Topliss-reactive ketones (excluding diaryl/α,β-unsaturated/α-hetero) is 1. The van der Waals surface area contributed by atoms with E-state index in [0.717, 1.165) is 19.3 Å². The van der Waals surface area contributed by atoms with Crippen LogP contribution in [0.15, 0.2) is 12.4 Å². The second-order valence-electron chi connectivity index (χ2n) is 7.41. The van der Waals surface area contributed by atoms with Gasteiger partial charge in [0.25, 0.3) is 0 Å². The number of rotatable bonds is 16. The number of hydrogen-bond donors (Lipinski definition) is 0. The summed E-state index contributed by atoms with van der Waals surface area (Å²) < 4.78 is 5.05. The van der Waals surface area contributed by atoms with Crippen LogP contribution in [-0.2, 0) is 14.3 Å². The number of unbranched alkanes of at least 4 members (excludes halogenated alkanes) is 11. The Bertz CT molecular complexity index is 423. The molecule has 150 valence electrons. The molecule has 1 aliphatic rings. The SMILES string of the molecule is CCCCCCCCCCCCCCC(=O)C(=O)OCN1C=CN(C)C1. The van der Waals surface area contributed by atoms with E-state index >= 15 is 0 Å². The van der Waals surface area contributed by atoms with Crippen LogP contribution in [0.5, 0.6) is 0 Å². The van der Waals surface area contributed by atoms with Crippen molar-refractivity contribution in [2.24, 2.45) is 0 Å². The normalized spacial score (nSPS) is 13.5. The molecule has 26 heavy (non-hydrogen) atoms. The highest BCUT2D eigenvalue weighted by atomic mass is 16.5. The van der Waals surface area contributed by atoms with Crippen LogP contribution in [0.1, 0.15) is 90.4 Å². The molecule has 0 fully saturated rings. The molecule has 5 nitrogen and oxygen atoms in total. The lowest BCUT2D eigenvalue weighted by molar-refractivity contribution is -0.156. The molecule has 0 amide bonds. The Morgan fingerprint density at radius 2 is 1.38 bits per heavy atom. The van der Waals surface area contributed by atoms with Crippen molar-refractivity contribution in [2.75, 3.05) is 20.4 Å². The average molecular weight is 367 g/mol. The van der Waals surface area contributed by atoms with E-state index in [-0.39, 0.29) is 6.73 Å². The molecule has 0 aromatic carbocycles. The predicted octanol–water partition coefficient (Wildman–Crippen LogP) is 4.82. The van der Waals surface area contributed by atoms with Crippen molar-refractivity contribution in [3.05, 3.63) is 12.4 Å². The topological polar surface area (TPSA) is 49.9 Å². The minimum atomic E-state index is -0.698. The van der Waals surface area contributed by atoms with Crippen molar-refractivity contribution < 1.29 is 14.3 Å². The van der Waals surface area contributed by atoms with Crippen molar-refractivity contribution in [2.45, 2.75) is 90.4 Å². The minimum absolute atomic E-state index is 0.143. The van der Waals surface area contributed by atoms with Gasteiger partial charge < -0.3 is 14.5 Å². The Morgan fingerprint density at radius 3 is 1.88 bits per heavy atom. The van der Waals surface area contributed by atoms with Gasteiger partial charge in [0, 0.05) is 25.9 Å². The van der Waals surface area contributed by atoms with Gasteiger partial charge in [-0.1, -0.05) is 77.6 Å². The predicted molar refractivity (Wildman–Crippen MR) is 105 cm³/mol. The molecule has 1 rings (SSSR count). The van der Waals surface area contributed by atoms with Gasteiger partial charge >= 0.3 is 5.97 Å². The fourth-order valence-electron chi connectivity index (χ4n) is 3.12. The third-order valence-electron chi connectivity index (χ3n) is 4.78. The maximum absolute atomic E-state index is 11.8. The highest BCUT2D eigenvalue weighted by molar-refractivity contribution is 6.33. The monoisotopic (exact) mass is 366 g/mol. The van der Waals surface area contributed by atoms with Gasteiger partial charge in [-0.3, -0.25) is 4.79 Å². The maximum atomic E-state index is 11.8. The molecule has 0 aromatic heterocycles. The van der Waals surface area contributed by atoms with Gasteiger partial charge in [-0.25, -0.2) is 4.79 Å². The van der Waals surface area contributed by atoms with Gasteiger partial charge in [0.15, 0.2) is 6.73 Å². The van der Waals surface area contributed by atoms with Crippen molar-refractivity contribution in [3.63, 3.8) is 0 Å². The van der Waals surface area contributed by atoms with Crippen LogP contribution in [-0.4, -0.2) is 42.0 Å². The summed E-state index contributed by atoms with van der Waals surface area (Å²) in [5.41, 5.74) is 0. The second kappa shape index (κ2) is 14.6. The zero-order chi connectivity index (χ0) is 19.0. The molecule has 0 atom stereocenters. The molecule has 0 radical (unpaired) electrons. The quantitative estimate of drug-likeness (QED) is 0.223. The van der Waals surface area contributed by atoms with E-state index in [4.69, 9.17) is 4.74 Å². The third kappa shape index (κ3) is 11.2. The molecule has 0 unspecified atom stereocenters. The van der Waals surface area contributed by atoms with Crippen molar-refractivity contribution in [1.82, 2.24) is 9.80 Å². The lowest BCUT2D eigenvalue weighted by Crippen LogP contribution is -2.28. The number of nitrogens with zero attached hydrogens (tertiary/aromatic N) is 2. The first kappa shape index (κ1) is 22.5. The summed E-state index contributed by atoms with van der Waals surface area (Å²) in [6.07, 6.45) is 19.1. The number of ketones is 1. The number of carbonyl (C=O) groups is 2. The van der Waals surface area contributed by atoms with Gasteiger partial charge in [0.1, 0.15) is 0 Å². The molecule has 0 bridgehead atoms. The third-order valence-corrected chi connectivity index (χ3v) is 4.78. The highest BCUT2D eigenvalue weighted by Crippen LogP contribution is 2.12. The number of carbonyl (C=O) groups excluding carboxylic acids is 2. The Kier molecular flexibility index (Phi) is 12.7. The van der Waals surface area contributed by atoms with Crippen LogP contribution in [0.3, 0.4) is 0 Å². The van der Waals surface area contributed by atoms with Gasteiger partial charge in [-0.15, -0.1) is 0 Å². The van der Waals surface area contributed by atoms with Gasteiger partial charge in [-0.05, 0) is 6.42 Å². The van der Waals surface area contributed by atoms with E-state index in [1.165, 1.54) is 57.8 Å². The van der Waals surface area contributed by atoms with Gasteiger partial charge in [-0.2, -0.15) is 0 Å². The average Bonchev–Trinajstić information content (AvgIpc) is 3.05. The zero-order valence-corrected chi connectivity index (χ0v) is 16.9. The molecule has 0 saturated heterocycles. The molecule has 0 saturated carbocycles. The minimum Gasteiger partial charge on any atom is -0.438 e. The molecular formula is C21H38N2O3. The van der Waals surface area contributed by atoms with E-state index in [2.05, 4.69) is 6.92 Å². The Balaban J connectivity index is 1.87. The van der Waals surface area contributed by atoms with E-state index in [1.54, 1.807) is 0 Å². The smallest absolute Gasteiger partial charge is 0.376 e. The van der Waals surface area contributed by atoms with Crippen LogP contribution in [0, 0.1) is 0 Å². The number of ether oxygens (including phenoxy) is 1. The van der Waals surface area contributed by atoms with Gasteiger partial charge in [0.2, 0.25) is 5.78 Å². The van der Waals surface area contributed by atoms with Crippen molar-refractivity contribution in [3.8, 4) is 0 Å². The first-order valence-electron chi connectivity index (χ1n) is 10.5. The summed E-state index contributed by atoms with van der Waals surface area (Å²) in [5.74, 6) is -1.09. The first-order valence-corrected chi connectivity index (χ1v) is 10.5. The summed E-state index contributed by atoms with van der Waals surface area (Å²) in [5, 5.41) is 0. The Labute approximate surface area is 159 Å². The Morgan fingerprint density at radius 1 is 0.846 bits per heavy atom. The van der Waals surface area contributed by atoms with Crippen LogP contribution < -0.4 is 0 Å². The van der Waals surface area contributed by atoms with E-state index < -0.39 is 11.8 Å². The molecule has 5 heteroatoms. The Hall–Kier alpha value is -1.52. The fourth-order valence-corrected chi connectivity index (χ4v) is 3.12. The van der Waals surface area contributed by atoms with E-state index in [9.17, 15) is 9.59 Å². The zero-order valence-electron chi connectivity index (χ0n) is 16.9. The van der Waals surface area contributed by atoms with Gasteiger partial charge in [0.05, 0.1) is 6.67 Å². The standard InChI is InChI=1S/C21H38N2O3/c1-3-4-5-6-7-8-9-10-11-12-13-14-15-20(24)21(25)26-19-23-17-16-22(2)18-23/h16-17H,3-15,18-19H2,1-2H3. The summed E-state index contributed by atoms with van der Waals surface area (Å²) in [6, 6.07) is 0. The summed E-state index contributed by atoms with van der Waals surface area (Å²) in [4.78, 5) is 27.3.